The first-order chi connectivity index (χ1) is 39.9. The third-order valence-electron chi connectivity index (χ3n) is 13.1. The number of nitrogens with one attached hydrogen (secondary N) is 8. The second-order valence-electron chi connectivity index (χ2n) is 20.6. The van der Waals surface area contributed by atoms with Gasteiger partial charge < -0.3 is 81.4 Å². The third kappa shape index (κ3) is 23.4. The molecule has 0 spiro atoms. The van der Waals surface area contributed by atoms with Crippen LogP contribution in [0.4, 0.5) is 5.82 Å². The molecule has 0 aliphatic heterocycles. The molecule has 1 unspecified atom stereocenters. The van der Waals surface area contributed by atoms with Gasteiger partial charge in [-0.1, -0.05) is 20.8 Å². The SMILES string of the molecule is Cc1c(N)nc([C@H](CC(N)=O)NC[C@H](N)C(N)=O)nc1C(=O)N[C@@H](CCS(C)=O)C(=O)N[C@H](CC(C)C)[C@@H](O)[C@H](C)C(=O)N[C@H](C(=O)NCCc1nc(-c2nc(-c3nc(C(=O)NCCCNCCCCNCCCN)cs3)cs2)cs1)[C@@H](C)O. The lowest BCUT2D eigenvalue weighted by Gasteiger charge is -2.32. The van der Waals surface area contributed by atoms with Crippen LogP contribution in [0.3, 0.4) is 0 Å². The molecule has 20 N–H and O–H groups in total. The van der Waals surface area contributed by atoms with Gasteiger partial charge in [-0.15, -0.1) is 34.0 Å². The lowest BCUT2D eigenvalue weighted by molar-refractivity contribution is -0.136. The summed E-state index contributed by atoms with van der Waals surface area (Å²) in [6.07, 6.45) is 2.33. The monoisotopic (exact) mass is 1250 g/mol. The molecule has 0 aliphatic rings. The summed E-state index contributed by atoms with van der Waals surface area (Å²) in [5.74, 6) is -6.82. The van der Waals surface area contributed by atoms with Crippen LogP contribution in [-0.2, 0) is 41.2 Å². The summed E-state index contributed by atoms with van der Waals surface area (Å²) in [4.78, 5) is 114. The number of primary amides is 2. The lowest BCUT2D eigenvalue weighted by atomic mass is 9.90. The van der Waals surface area contributed by atoms with E-state index in [2.05, 4.69) is 57.5 Å². The van der Waals surface area contributed by atoms with Crippen LogP contribution in [-0.4, -0.2) is 181 Å². The molecular weight excluding hydrogens is 1160 g/mol. The number of unbranched alkanes of at least 4 members (excludes halogenated alkanes) is 1. The van der Waals surface area contributed by atoms with Gasteiger partial charge in [0.15, 0.2) is 0 Å². The molecule has 32 heteroatoms. The number of amides is 7. The van der Waals surface area contributed by atoms with E-state index in [4.69, 9.17) is 38.6 Å². The third-order valence-corrected chi connectivity index (χ3v) is 16.5. The first-order valence-electron chi connectivity index (χ1n) is 27.7. The smallest absolute Gasteiger partial charge is 0.271 e. The van der Waals surface area contributed by atoms with Crippen molar-refractivity contribution in [2.24, 2.45) is 34.8 Å². The number of aromatic nitrogens is 5. The quantitative estimate of drug-likeness (QED) is 0.0224. The Labute approximate surface area is 503 Å². The number of thiazole rings is 3. The molecule has 0 aliphatic carbocycles. The van der Waals surface area contributed by atoms with E-state index >= 15 is 0 Å². The molecule has 84 heavy (non-hydrogen) atoms. The standard InChI is InChI=1S/C52H84N18O10S4/c1-27(2)21-33(65-48(77)32(12-20-84(6)80)64-50(79)40-28(3)43(56)70-45(68-40)34(22-38(55)72)62-23-31(54)44(57)74)42(73)29(4)46(75)69-41(30(5)71)49(78)61-19-11-39-63-36(25-81-39)51-67-37(26-83-51)52-66-35(24-82-52)47(76)60-18-10-17-59-15-8-7-14-58-16-9-13-53/h24-27,29-34,41-42,58-59,62,71,73H,7-23,53-54H2,1-6H3,(H2,55,72)(H2,57,74)(H,60,76)(H,61,78)(H,64,79)(H,65,77)(H,69,75)(H2,56,68,70)/t29-,30+,31-,32-,33+,34-,41-,42-,84?/m0/s1. The Kier molecular flexibility index (Phi) is 30.2. The van der Waals surface area contributed by atoms with Crippen LogP contribution < -0.4 is 71.2 Å². The lowest BCUT2D eigenvalue weighted by Crippen LogP contribution is -2.58. The van der Waals surface area contributed by atoms with E-state index in [9.17, 15) is 48.0 Å². The molecule has 0 saturated heterocycles. The highest BCUT2D eigenvalue weighted by molar-refractivity contribution is 7.84. The Bertz CT molecular complexity index is 2820. The van der Waals surface area contributed by atoms with Crippen LogP contribution in [0, 0.1) is 18.8 Å². The fraction of sp³-hybridized carbons (Fsp3) is 0.615. The van der Waals surface area contributed by atoms with Gasteiger partial charge in [0.2, 0.25) is 29.5 Å². The average Bonchev–Trinajstić information content (AvgIpc) is 4.30. The predicted octanol–water partition coefficient (Wildman–Crippen LogP) is -1.56. The number of nitrogen functional groups attached to an aromatic ring is 1. The van der Waals surface area contributed by atoms with E-state index in [1.165, 1.54) is 61.0 Å². The van der Waals surface area contributed by atoms with Crippen LogP contribution in [0.15, 0.2) is 16.1 Å². The molecular formula is C52H84N18O10S4. The Morgan fingerprint density at radius 3 is 2.01 bits per heavy atom. The molecule has 9 atom stereocenters. The summed E-state index contributed by atoms with van der Waals surface area (Å²) in [7, 11) is -1.43. The van der Waals surface area contributed by atoms with Crippen molar-refractivity contribution in [2.45, 2.75) is 128 Å². The fourth-order valence-corrected chi connectivity index (χ4v) is 11.2. The molecule has 28 nitrogen and oxygen atoms in total. The van der Waals surface area contributed by atoms with Crippen molar-refractivity contribution in [3.8, 4) is 21.4 Å². The number of hydrogen-bond donors (Lipinski definition) is 15. The van der Waals surface area contributed by atoms with E-state index in [1.807, 2.05) is 24.6 Å². The maximum Gasteiger partial charge on any atom is 0.271 e. The summed E-state index contributed by atoms with van der Waals surface area (Å²) in [6, 6.07) is -6.13. The minimum Gasteiger partial charge on any atom is -0.391 e. The van der Waals surface area contributed by atoms with E-state index in [0.29, 0.717) is 51.6 Å². The molecule has 0 aromatic carbocycles. The summed E-state index contributed by atoms with van der Waals surface area (Å²) in [5.41, 5.74) is 29.6. The number of rotatable bonds is 40. The number of aliphatic hydroxyl groups excluding tert-OH is 2. The number of nitrogens with zero attached hydrogens (tertiary/aromatic N) is 5. The van der Waals surface area contributed by atoms with Gasteiger partial charge in [0, 0.05) is 77.0 Å². The molecule has 4 aromatic heterocycles. The maximum atomic E-state index is 14.1. The number of carbonyl (C=O) groups is 7. The van der Waals surface area contributed by atoms with Crippen molar-refractivity contribution < 1.29 is 48.0 Å². The van der Waals surface area contributed by atoms with E-state index < -0.39 is 101 Å². The van der Waals surface area contributed by atoms with Crippen LogP contribution in [0.1, 0.15) is 116 Å². The first-order valence-corrected chi connectivity index (χ1v) is 32.1. The summed E-state index contributed by atoms with van der Waals surface area (Å²) >= 11 is 4.05. The van der Waals surface area contributed by atoms with Crippen molar-refractivity contribution in [2.75, 3.05) is 70.1 Å². The Morgan fingerprint density at radius 2 is 1.37 bits per heavy atom. The van der Waals surface area contributed by atoms with E-state index in [-0.39, 0.29) is 66.4 Å². The van der Waals surface area contributed by atoms with Crippen LogP contribution in [0.5, 0.6) is 0 Å². The Morgan fingerprint density at radius 1 is 0.726 bits per heavy atom. The van der Waals surface area contributed by atoms with Crippen molar-refractivity contribution >= 4 is 92.0 Å². The topological polar surface area (TPSA) is 468 Å². The van der Waals surface area contributed by atoms with E-state index in [0.717, 1.165) is 51.9 Å². The number of carbonyl (C=O) groups excluding carboxylic acids is 7. The average molecular weight is 1250 g/mol. The van der Waals surface area contributed by atoms with Gasteiger partial charge in [0.25, 0.3) is 11.8 Å². The number of aliphatic hydroxyl groups is 2. The zero-order chi connectivity index (χ0) is 62.0. The second kappa shape index (κ2) is 36.0. The molecule has 0 radical (unpaired) electrons. The molecule has 4 aromatic rings. The second-order valence-corrected chi connectivity index (χ2v) is 24.8. The number of anilines is 1. The molecule has 0 saturated carbocycles. The van der Waals surface area contributed by atoms with Crippen LogP contribution >= 0.6 is 34.0 Å². The predicted molar refractivity (Wildman–Crippen MR) is 325 cm³/mol. The highest BCUT2D eigenvalue weighted by atomic mass is 32.2. The molecule has 7 amide bonds. The van der Waals surface area contributed by atoms with Gasteiger partial charge in [-0.05, 0) is 91.0 Å². The normalized spacial score (nSPS) is 14.8. The number of hydrogen-bond acceptors (Lipinski definition) is 24. The highest BCUT2D eigenvalue weighted by Gasteiger charge is 2.36. The fourth-order valence-electron chi connectivity index (χ4n) is 8.20. The zero-order valence-electron chi connectivity index (χ0n) is 48.4. The molecule has 0 bridgehead atoms. The van der Waals surface area contributed by atoms with Crippen molar-refractivity contribution in [3.05, 3.63) is 43.9 Å². The minimum absolute atomic E-state index is 0.0358. The highest BCUT2D eigenvalue weighted by Crippen LogP contribution is 2.31. The van der Waals surface area contributed by atoms with Gasteiger partial charge in [0.05, 0.1) is 41.3 Å². The molecule has 466 valence electrons. The largest absolute Gasteiger partial charge is 0.391 e. The van der Waals surface area contributed by atoms with Crippen molar-refractivity contribution in [3.63, 3.8) is 0 Å². The molecule has 0 fully saturated rings. The summed E-state index contributed by atoms with van der Waals surface area (Å²) in [5, 5.41) is 52.9. The van der Waals surface area contributed by atoms with Gasteiger partial charge in [0.1, 0.15) is 56.5 Å². The summed E-state index contributed by atoms with van der Waals surface area (Å²) in [6.45, 7) is 12.6. The van der Waals surface area contributed by atoms with Crippen molar-refractivity contribution in [1.82, 2.24) is 67.5 Å². The van der Waals surface area contributed by atoms with Gasteiger partial charge in [-0.2, -0.15) is 0 Å². The van der Waals surface area contributed by atoms with Gasteiger partial charge in [-0.25, -0.2) is 24.9 Å². The van der Waals surface area contributed by atoms with Crippen molar-refractivity contribution in [1.29, 1.82) is 0 Å². The maximum absolute atomic E-state index is 14.1. The Balaban J connectivity index is 1.32. The molecule has 4 heterocycles. The van der Waals surface area contributed by atoms with Crippen LogP contribution in [0.25, 0.3) is 21.4 Å². The Hall–Kier alpha value is -6.07. The van der Waals surface area contributed by atoms with Gasteiger partial charge in [-0.3, -0.25) is 37.8 Å². The zero-order valence-corrected chi connectivity index (χ0v) is 51.6. The summed E-state index contributed by atoms with van der Waals surface area (Å²) < 4.78 is 12.3. The van der Waals surface area contributed by atoms with E-state index in [1.54, 1.807) is 5.38 Å². The molecule has 4 rings (SSSR count). The first kappa shape index (κ1) is 70.4. The van der Waals surface area contributed by atoms with Crippen LogP contribution in [0.2, 0.25) is 0 Å². The van der Waals surface area contributed by atoms with Gasteiger partial charge >= 0.3 is 0 Å². The number of nitrogens with two attached hydrogens (primary N) is 5. The minimum atomic E-state index is -1.56.